The van der Waals surface area contributed by atoms with Gasteiger partial charge < -0.3 is 4.42 Å². The van der Waals surface area contributed by atoms with Crippen molar-refractivity contribution in [2.24, 2.45) is 0 Å². The maximum Gasteiger partial charge on any atom is 0.238 e. The van der Waals surface area contributed by atoms with E-state index in [1.165, 1.54) is 12.3 Å². The molecule has 0 aliphatic rings. The monoisotopic (exact) mass is 139 g/mol. The van der Waals surface area contributed by atoms with E-state index in [9.17, 15) is 10.1 Å². The van der Waals surface area contributed by atoms with Crippen molar-refractivity contribution >= 4 is 6.08 Å². The Kier molecular flexibility index (Phi) is 1.84. The van der Waals surface area contributed by atoms with Crippen LogP contribution in [0.4, 0.5) is 0 Å². The van der Waals surface area contributed by atoms with Crippen molar-refractivity contribution in [2.75, 3.05) is 0 Å². The lowest BCUT2D eigenvalue weighted by Crippen LogP contribution is -1.80. The summed E-state index contributed by atoms with van der Waals surface area (Å²) in [5.41, 5.74) is 0. The van der Waals surface area contributed by atoms with Gasteiger partial charge in [0, 0.05) is 0 Å². The van der Waals surface area contributed by atoms with Gasteiger partial charge in [-0.3, -0.25) is 10.1 Å². The fourth-order valence-corrected chi connectivity index (χ4v) is 0.520. The van der Waals surface area contributed by atoms with Gasteiger partial charge in [-0.05, 0) is 12.1 Å². The lowest BCUT2D eigenvalue weighted by molar-refractivity contribution is -0.401. The Morgan fingerprint density at radius 3 is 3.00 bits per heavy atom. The second-order valence-corrected chi connectivity index (χ2v) is 1.62. The third-order valence-electron chi connectivity index (χ3n) is 0.904. The lowest BCUT2D eigenvalue weighted by atomic mass is 10.4. The lowest BCUT2D eigenvalue weighted by Gasteiger charge is -1.77. The summed E-state index contributed by atoms with van der Waals surface area (Å²) in [4.78, 5) is 9.23. The Balaban J connectivity index is 2.64. The predicted molar refractivity (Wildman–Crippen MR) is 34.7 cm³/mol. The maximum atomic E-state index is 9.77. The summed E-state index contributed by atoms with van der Waals surface area (Å²) in [6, 6.07) is 3.31. The molecule has 0 saturated heterocycles. The van der Waals surface area contributed by atoms with Crippen LogP contribution < -0.4 is 0 Å². The molecule has 0 unspecified atom stereocenters. The van der Waals surface area contributed by atoms with Crippen molar-refractivity contribution < 1.29 is 9.34 Å². The topological polar surface area (TPSA) is 56.3 Å². The molecule has 0 aliphatic carbocycles. The summed E-state index contributed by atoms with van der Waals surface area (Å²) in [5.74, 6) is 0.483. The number of nitrogens with zero attached hydrogens (tertiary/aromatic N) is 1. The van der Waals surface area contributed by atoms with Crippen LogP contribution in [-0.4, -0.2) is 4.92 Å². The van der Waals surface area contributed by atoms with Crippen molar-refractivity contribution in [3.8, 4) is 0 Å². The molecule has 0 aliphatic heterocycles. The normalized spacial score (nSPS) is 10.4. The molecule has 10 heavy (non-hydrogen) atoms. The molecular weight excluding hydrogens is 134 g/mol. The zero-order valence-corrected chi connectivity index (χ0v) is 5.06. The summed E-state index contributed by atoms with van der Waals surface area (Å²) in [6.07, 6.45) is 3.58. The van der Waals surface area contributed by atoms with E-state index in [1.54, 1.807) is 12.1 Å². The van der Waals surface area contributed by atoms with E-state index < -0.39 is 4.92 Å². The molecule has 52 valence electrons. The highest BCUT2D eigenvalue weighted by molar-refractivity contribution is 5.39. The first kappa shape index (κ1) is 6.54. The summed E-state index contributed by atoms with van der Waals surface area (Å²) < 4.78 is 4.79. The van der Waals surface area contributed by atoms with Crippen molar-refractivity contribution in [2.45, 2.75) is 0 Å². The van der Waals surface area contributed by atoms with Crippen LogP contribution in [0.5, 0.6) is 0 Å². The largest absolute Gasteiger partial charge is 0.465 e. The average molecular weight is 139 g/mol. The zero-order valence-electron chi connectivity index (χ0n) is 5.06. The van der Waals surface area contributed by atoms with Crippen LogP contribution in [0, 0.1) is 10.1 Å². The second kappa shape index (κ2) is 2.82. The quantitative estimate of drug-likeness (QED) is 0.461. The van der Waals surface area contributed by atoms with E-state index >= 15 is 0 Å². The standard InChI is InChI=1S/C6H5NO3/c8-7(9)4-3-6-2-1-5-10-6/h1-5H/b4-3-. The first-order chi connectivity index (χ1) is 4.79. The SMILES string of the molecule is O=[N+]([O-])/C=C\c1ccco1. The number of furan rings is 1. The summed E-state index contributed by atoms with van der Waals surface area (Å²) in [6.45, 7) is 0. The van der Waals surface area contributed by atoms with Crippen LogP contribution in [0.15, 0.2) is 29.0 Å². The molecule has 0 bridgehead atoms. The molecule has 1 aromatic heterocycles. The summed E-state index contributed by atoms with van der Waals surface area (Å²) in [7, 11) is 0. The molecule has 0 saturated carbocycles. The molecule has 0 amide bonds. The van der Waals surface area contributed by atoms with E-state index in [1.807, 2.05) is 0 Å². The van der Waals surface area contributed by atoms with Crippen molar-refractivity contribution in [1.29, 1.82) is 0 Å². The highest BCUT2D eigenvalue weighted by Crippen LogP contribution is 2.01. The van der Waals surface area contributed by atoms with Gasteiger partial charge in [0.2, 0.25) is 6.20 Å². The number of hydrogen-bond acceptors (Lipinski definition) is 3. The smallest absolute Gasteiger partial charge is 0.238 e. The minimum Gasteiger partial charge on any atom is -0.465 e. The van der Waals surface area contributed by atoms with Crippen LogP contribution in [0.1, 0.15) is 5.76 Å². The Labute approximate surface area is 56.9 Å². The number of rotatable bonds is 2. The zero-order chi connectivity index (χ0) is 7.40. The van der Waals surface area contributed by atoms with Crippen LogP contribution in [0.2, 0.25) is 0 Å². The Bertz CT molecular complexity index is 238. The van der Waals surface area contributed by atoms with Crippen LogP contribution in [-0.2, 0) is 0 Å². The van der Waals surface area contributed by atoms with Gasteiger partial charge >= 0.3 is 0 Å². The molecule has 1 rings (SSSR count). The molecule has 4 nitrogen and oxygen atoms in total. The molecular formula is C6H5NO3. The van der Waals surface area contributed by atoms with Crippen molar-refractivity contribution in [1.82, 2.24) is 0 Å². The van der Waals surface area contributed by atoms with Gasteiger partial charge in [0.15, 0.2) is 0 Å². The van der Waals surface area contributed by atoms with E-state index in [0.717, 1.165) is 6.20 Å². The number of hydrogen-bond donors (Lipinski definition) is 0. The molecule has 0 spiro atoms. The van der Waals surface area contributed by atoms with Crippen LogP contribution >= 0.6 is 0 Å². The first-order valence-electron chi connectivity index (χ1n) is 2.64. The maximum absolute atomic E-state index is 9.77. The third-order valence-corrected chi connectivity index (χ3v) is 0.904. The van der Waals surface area contributed by atoms with Gasteiger partial charge in [0.1, 0.15) is 5.76 Å². The Morgan fingerprint density at radius 1 is 1.70 bits per heavy atom. The first-order valence-corrected chi connectivity index (χ1v) is 2.64. The van der Waals surface area contributed by atoms with Gasteiger partial charge in [-0.2, -0.15) is 0 Å². The molecule has 4 heteroatoms. The molecule has 0 N–H and O–H groups in total. The van der Waals surface area contributed by atoms with Gasteiger partial charge in [-0.15, -0.1) is 0 Å². The third kappa shape index (κ3) is 1.74. The average Bonchev–Trinajstić information content (AvgIpc) is 2.34. The van der Waals surface area contributed by atoms with Gasteiger partial charge in [-0.25, -0.2) is 0 Å². The molecule has 0 radical (unpaired) electrons. The fraction of sp³-hybridized carbons (Fsp3) is 0. The number of nitro groups is 1. The van der Waals surface area contributed by atoms with E-state index in [0.29, 0.717) is 5.76 Å². The summed E-state index contributed by atoms with van der Waals surface area (Å²) in [5, 5.41) is 9.77. The van der Waals surface area contributed by atoms with Gasteiger partial charge in [-0.1, -0.05) is 0 Å². The predicted octanol–water partition coefficient (Wildman–Crippen LogP) is 1.53. The summed E-state index contributed by atoms with van der Waals surface area (Å²) >= 11 is 0. The highest BCUT2D eigenvalue weighted by Gasteiger charge is 1.89. The van der Waals surface area contributed by atoms with Crippen LogP contribution in [0.3, 0.4) is 0 Å². The molecule has 0 aromatic carbocycles. The van der Waals surface area contributed by atoms with E-state index in [-0.39, 0.29) is 0 Å². The van der Waals surface area contributed by atoms with Crippen molar-refractivity contribution in [3.63, 3.8) is 0 Å². The molecule has 0 atom stereocenters. The van der Waals surface area contributed by atoms with E-state index in [4.69, 9.17) is 4.42 Å². The van der Waals surface area contributed by atoms with Crippen molar-refractivity contribution in [3.05, 3.63) is 40.5 Å². The minimum absolute atomic E-state index is 0.483. The molecule has 1 aromatic rings. The second-order valence-electron chi connectivity index (χ2n) is 1.62. The Hall–Kier alpha value is -1.58. The minimum atomic E-state index is -0.539. The van der Waals surface area contributed by atoms with E-state index in [2.05, 4.69) is 0 Å². The molecule has 0 fully saturated rings. The van der Waals surface area contributed by atoms with Gasteiger partial charge in [0.05, 0.1) is 17.3 Å². The Morgan fingerprint density at radius 2 is 2.50 bits per heavy atom. The van der Waals surface area contributed by atoms with Gasteiger partial charge in [0.25, 0.3) is 0 Å². The molecule has 1 heterocycles. The fourth-order valence-electron chi connectivity index (χ4n) is 0.520. The van der Waals surface area contributed by atoms with Crippen LogP contribution in [0.25, 0.3) is 6.08 Å². The highest BCUT2D eigenvalue weighted by atomic mass is 16.6.